The van der Waals surface area contributed by atoms with E-state index in [1.165, 1.54) is 0 Å². The van der Waals surface area contributed by atoms with Gasteiger partial charge in [-0.25, -0.2) is 0 Å². The zero-order valence-electron chi connectivity index (χ0n) is 13.6. The molecular formula is C17H29N3O. The van der Waals surface area contributed by atoms with Gasteiger partial charge in [0.15, 0.2) is 5.96 Å². The second kappa shape index (κ2) is 10.1. The molecular weight excluding hydrogens is 262 g/mol. The number of unbranched alkanes of at least 4 members (excludes halogenated alkanes) is 1. The van der Waals surface area contributed by atoms with Gasteiger partial charge in [0.05, 0.1) is 6.26 Å². The highest BCUT2D eigenvalue weighted by molar-refractivity contribution is 5.79. The molecule has 0 aromatic carbocycles. The van der Waals surface area contributed by atoms with Crippen molar-refractivity contribution in [2.75, 3.05) is 26.7 Å². The fourth-order valence-corrected chi connectivity index (χ4v) is 1.91. The van der Waals surface area contributed by atoms with Crippen LogP contribution in [0.4, 0.5) is 0 Å². The third-order valence-electron chi connectivity index (χ3n) is 3.10. The molecule has 1 heterocycles. The Balaban J connectivity index is 2.46. The predicted molar refractivity (Wildman–Crippen MR) is 89.6 cm³/mol. The van der Waals surface area contributed by atoms with Crippen LogP contribution < -0.4 is 5.32 Å². The van der Waals surface area contributed by atoms with Gasteiger partial charge in [-0.15, -0.1) is 6.58 Å². The molecule has 0 bridgehead atoms. The largest absolute Gasteiger partial charge is 0.469 e. The summed E-state index contributed by atoms with van der Waals surface area (Å²) in [5.41, 5.74) is 0. The lowest BCUT2D eigenvalue weighted by Crippen LogP contribution is -2.40. The van der Waals surface area contributed by atoms with Crippen molar-refractivity contribution in [3.8, 4) is 0 Å². The number of hydrogen-bond acceptors (Lipinski definition) is 2. The van der Waals surface area contributed by atoms with E-state index in [1.807, 2.05) is 18.2 Å². The Morgan fingerprint density at radius 1 is 1.52 bits per heavy atom. The predicted octanol–water partition coefficient (Wildman–Crippen LogP) is 3.32. The number of furan rings is 1. The van der Waals surface area contributed by atoms with Crippen LogP contribution in [0.25, 0.3) is 0 Å². The first kappa shape index (κ1) is 17.3. The Morgan fingerprint density at radius 2 is 2.33 bits per heavy atom. The van der Waals surface area contributed by atoms with E-state index >= 15 is 0 Å². The van der Waals surface area contributed by atoms with Crippen LogP contribution >= 0.6 is 0 Å². The maximum atomic E-state index is 5.35. The molecule has 0 aliphatic rings. The molecule has 118 valence electrons. The topological polar surface area (TPSA) is 40.8 Å². The Bertz CT molecular complexity index is 410. The molecule has 0 atom stereocenters. The Labute approximate surface area is 128 Å². The molecule has 0 saturated carbocycles. The monoisotopic (exact) mass is 291 g/mol. The quantitative estimate of drug-likeness (QED) is 0.328. The normalized spacial score (nSPS) is 11.7. The lowest BCUT2D eigenvalue weighted by atomic mass is 10.2. The van der Waals surface area contributed by atoms with E-state index in [0.717, 1.165) is 50.6 Å². The van der Waals surface area contributed by atoms with E-state index in [9.17, 15) is 0 Å². The van der Waals surface area contributed by atoms with E-state index in [4.69, 9.17) is 9.41 Å². The average Bonchev–Trinajstić information content (AvgIpc) is 2.95. The van der Waals surface area contributed by atoms with Crippen LogP contribution in [0.15, 0.2) is 40.5 Å². The third kappa shape index (κ3) is 7.59. The number of aliphatic imine (C=N–C) groups is 1. The molecule has 1 aromatic rings. The van der Waals surface area contributed by atoms with Gasteiger partial charge in [0, 0.05) is 33.1 Å². The van der Waals surface area contributed by atoms with Gasteiger partial charge in [-0.2, -0.15) is 0 Å². The minimum atomic E-state index is 0.563. The number of guanidine groups is 1. The van der Waals surface area contributed by atoms with Crippen molar-refractivity contribution in [3.63, 3.8) is 0 Å². The van der Waals surface area contributed by atoms with Gasteiger partial charge in [-0.3, -0.25) is 4.99 Å². The lowest BCUT2D eigenvalue weighted by Gasteiger charge is -2.22. The summed E-state index contributed by atoms with van der Waals surface area (Å²) in [4.78, 5) is 6.88. The Hall–Kier alpha value is -1.71. The molecule has 4 nitrogen and oxygen atoms in total. The highest BCUT2D eigenvalue weighted by Gasteiger charge is 2.06. The fraction of sp³-hybridized carbons (Fsp3) is 0.588. The van der Waals surface area contributed by atoms with E-state index < -0.39 is 0 Å². The van der Waals surface area contributed by atoms with Crippen molar-refractivity contribution in [3.05, 3.63) is 36.8 Å². The minimum Gasteiger partial charge on any atom is -0.469 e. The smallest absolute Gasteiger partial charge is 0.193 e. The van der Waals surface area contributed by atoms with E-state index in [0.29, 0.717) is 5.92 Å². The molecule has 0 spiro atoms. The van der Waals surface area contributed by atoms with Crippen LogP contribution in [0.5, 0.6) is 0 Å². The summed E-state index contributed by atoms with van der Waals surface area (Å²) in [6.45, 7) is 10.8. The summed E-state index contributed by atoms with van der Waals surface area (Å²) in [7, 11) is 2.09. The number of hydrogen-bond donors (Lipinski definition) is 1. The maximum absolute atomic E-state index is 5.35. The van der Waals surface area contributed by atoms with Gasteiger partial charge in [0.1, 0.15) is 5.76 Å². The first-order valence-electron chi connectivity index (χ1n) is 7.76. The van der Waals surface area contributed by atoms with Crippen LogP contribution in [0, 0.1) is 5.92 Å². The first-order valence-corrected chi connectivity index (χ1v) is 7.76. The van der Waals surface area contributed by atoms with E-state index in [-0.39, 0.29) is 0 Å². The second-order valence-corrected chi connectivity index (χ2v) is 5.67. The van der Waals surface area contributed by atoms with Gasteiger partial charge in [0.2, 0.25) is 0 Å². The highest BCUT2D eigenvalue weighted by atomic mass is 16.3. The van der Waals surface area contributed by atoms with Crippen molar-refractivity contribution < 1.29 is 4.42 Å². The molecule has 0 unspecified atom stereocenters. The third-order valence-corrected chi connectivity index (χ3v) is 3.10. The second-order valence-electron chi connectivity index (χ2n) is 5.67. The standard InChI is InChI=1S/C17H29N3O/c1-5-6-7-12-20(4)17(19-14-15(2)3)18-11-10-16-9-8-13-21-16/h5,8-9,13,15H,1,6-7,10-12,14H2,2-4H3,(H,18,19). The molecule has 0 amide bonds. The molecule has 0 radical (unpaired) electrons. The minimum absolute atomic E-state index is 0.563. The molecule has 0 aliphatic heterocycles. The molecule has 1 N–H and O–H groups in total. The average molecular weight is 291 g/mol. The summed E-state index contributed by atoms with van der Waals surface area (Å²) < 4.78 is 5.35. The van der Waals surface area contributed by atoms with Crippen molar-refractivity contribution >= 4 is 5.96 Å². The molecule has 0 aliphatic carbocycles. The van der Waals surface area contributed by atoms with Crippen LogP contribution in [0.3, 0.4) is 0 Å². The highest BCUT2D eigenvalue weighted by Crippen LogP contribution is 2.01. The summed E-state index contributed by atoms with van der Waals surface area (Å²) in [5.74, 6) is 2.53. The van der Waals surface area contributed by atoms with Crippen molar-refractivity contribution in [1.82, 2.24) is 10.2 Å². The molecule has 0 fully saturated rings. The van der Waals surface area contributed by atoms with Crippen LogP contribution in [-0.4, -0.2) is 37.5 Å². The number of allylic oxidation sites excluding steroid dienone is 1. The Kier molecular flexibility index (Phi) is 8.32. The van der Waals surface area contributed by atoms with E-state index in [1.54, 1.807) is 6.26 Å². The van der Waals surface area contributed by atoms with Crippen molar-refractivity contribution in [2.45, 2.75) is 33.1 Å². The van der Waals surface area contributed by atoms with Gasteiger partial charge < -0.3 is 14.6 Å². The lowest BCUT2D eigenvalue weighted by molar-refractivity contribution is 0.461. The van der Waals surface area contributed by atoms with Gasteiger partial charge in [0.25, 0.3) is 0 Å². The fourth-order valence-electron chi connectivity index (χ4n) is 1.91. The van der Waals surface area contributed by atoms with Gasteiger partial charge in [-0.1, -0.05) is 19.9 Å². The molecule has 1 aromatic heterocycles. The molecule has 1 rings (SSSR count). The molecule has 4 heteroatoms. The van der Waals surface area contributed by atoms with Gasteiger partial charge >= 0.3 is 0 Å². The van der Waals surface area contributed by atoms with Crippen molar-refractivity contribution in [2.24, 2.45) is 10.9 Å². The SMILES string of the molecule is C=CCCCN(C)C(=NCC(C)C)NCCc1ccco1. The summed E-state index contributed by atoms with van der Waals surface area (Å²) in [6.07, 6.45) is 6.68. The summed E-state index contributed by atoms with van der Waals surface area (Å²) in [6, 6.07) is 3.92. The number of nitrogens with zero attached hydrogens (tertiary/aromatic N) is 2. The number of nitrogens with one attached hydrogen (secondary N) is 1. The molecule has 0 saturated heterocycles. The van der Waals surface area contributed by atoms with Gasteiger partial charge in [-0.05, 0) is 30.9 Å². The Morgan fingerprint density at radius 3 is 2.95 bits per heavy atom. The summed E-state index contributed by atoms with van der Waals surface area (Å²) >= 11 is 0. The summed E-state index contributed by atoms with van der Waals surface area (Å²) in [5, 5.41) is 3.43. The maximum Gasteiger partial charge on any atom is 0.193 e. The van der Waals surface area contributed by atoms with Crippen LogP contribution in [-0.2, 0) is 6.42 Å². The first-order chi connectivity index (χ1) is 10.1. The zero-order valence-corrected chi connectivity index (χ0v) is 13.6. The van der Waals surface area contributed by atoms with Crippen LogP contribution in [0.1, 0.15) is 32.4 Å². The number of rotatable bonds is 9. The molecule has 21 heavy (non-hydrogen) atoms. The van der Waals surface area contributed by atoms with Crippen LogP contribution in [0.2, 0.25) is 0 Å². The van der Waals surface area contributed by atoms with Crippen molar-refractivity contribution in [1.29, 1.82) is 0 Å². The zero-order chi connectivity index (χ0) is 15.5. The van der Waals surface area contributed by atoms with E-state index in [2.05, 4.69) is 37.7 Å².